The minimum atomic E-state index is 0.0881. The number of nitriles is 1. The highest BCUT2D eigenvalue weighted by Gasteiger charge is 2.35. The van der Waals surface area contributed by atoms with E-state index in [4.69, 9.17) is 5.26 Å². The first-order chi connectivity index (χ1) is 5.87. The quantitative estimate of drug-likeness (QED) is 0.587. The Bertz CT molecular complexity index is 206. The summed E-state index contributed by atoms with van der Waals surface area (Å²) in [6, 6.07) is 2.26. The van der Waals surface area contributed by atoms with Crippen LogP contribution in [0.5, 0.6) is 0 Å². The highest BCUT2D eigenvalue weighted by Crippen LogP contribution is 2.44. The van der Waals surface area contributed by atoms with Gasteiger partial charge in [-0.3, -0.25) is 0 Å². The van der Waals surface area contributed by atoms with E-state index in [2.05, 4.69) is 40.3 Å². The van der Waals surface area contributed by atoms with E-state index in [-0.39, 0.29) is 10.8 Å². The number of hydrogen-bond acceptors (Lipinski definition) is 1. The van der Waals surface area contributed by atoms with Gasteiger partial charge in [0, 0.05) is 6.42 Å². The molecule has 0 unspecified atom stereocenters. The van der Waals surface area contributed by atoms with Crippen LogP contribution in [0.3, 0.4) is 0 Å². The van der Waals surface area contributed by atoms with Crippen LogP contribution in [-0.2, 0) is 0 Å². The van der Waals surface area contributed by atoms with Crippen molar-refractivity contribution in [2.75, 3.05) is 0 Å². The fourth-order valence-corrected chi connectivity index (χ4v) is 1.24. The van der Waals surface area contributed by atoms with E-state index in [1.54, 1.807) is 0 Å². The summed E-state index contributed by atoms with van der Waals surface area (Å²) in [4.78, 5) is 0. The van der Waals surface area contributed by atoms with Gasteiger partial charge >= 0.3 is 0 Å². The van der Waals surface area contributed by atoms with E-state index in [0.29, 0.717) is 6.42 Å². The first-order valence-electron chi connectivity index (χ1n) is 4.85. The molecular weight excluding hydrogens is 158 g/mol. The third-order valence-electron chi connectivity index (χ3n) is 3.33. The van der Waals surface area contributed by atoms with Crippen LogP contribution in [0.15, 0.2) is 12.7 Å². The summed E-state index contributed by atoms with van der Waals surface area (Å²) in [5.74, 6) is 0. The van der Waals surface area contributed by atoms with Crippen LogP contribution in [0.25, 0.3) is 0 Å². The molecular formula is C12H21N. The van der Waals surface area contributed by atoms with Crippen LogP contribution in [-0.4, -0.2) is 0 Å². The summed E-state index contributed by atoms with van der Waals surface area (Å²) in [5.41, 5.74) is 0.293. The Balaban J connectivity index is 4.41. The molecule has 0 aromatic rings. The predicted molar refractivity (Wildman–Crippen MR) is 57.2 cm³/mol. The van der Waals surface area contributed by atoms with Gasteiger partial charge in [0.15, 0.2) is 0 Å². The molecule has 0 saturated carbocycles. The lowest BCUT2D eigenvalue weighted by Crippen LogP contribution is -2.32. The molecule has 0 spiro atoms. The fraction of sp³-hybridized carbons (Fsp3) is 0.750. The highest BCUT2D eigenvalue weighted by molar-refractivity contribution is 4.93. The second-order valence-electron chi connectivity index (χ2n) is 4.93. The molecule has 1 nitrogen and oxygen atoms in total. The largest absolute Gasteiger partial charge is 0.198 e. The van der Waals surface area contributed by atoms with Crippen molar-refractivity contribution in [2.24, 2.45) is 10.8 Å². The average molecular weight is 179 g/mol. The molecule has 0 fully saturated rings. The van der Waals surface area contributed by atoms with Gasteiger partial charge in [0.2, 0.25) is 0 Å². The molecule has 0 rings (SSSR count). The third-order valence-corrected chi connectivity index (χ3v) is 3.33. The standard InChI is InChI=1S/C12H21N/c1-6-7-8-11(2,3)12(4,5)9-10-13/h6H,1,7-9H2,2-5H3. The molecule has 0 aromatic carbocycles. The van der Waals surface area contributed by atoms with Crippen molar-refractivity contribution in [3.05, 3.63) is 12.7 Å². The van der Waals surface area contributed by atoms with Gasteiger partial charge in [-0.05, 0) is 23.7 Å². The van der Waals surface area contributed by atoms with Crippen LogP contribution in [0.2, 0.25) is 0 Å². The van der Waals surface area contributed by atoms with Crippen molar-refractivity contribution in [3.63, 3.8) is 0 Å². The average Bonchev–Trinajstić information content (AvgIpc) is 2.00. The molecule has 0 aromatic heterocycles. The molecule has 0 radical (unpaired) electrons. The van der Waals surface area contributed by atoms with Crippen molar-refractivity contribution in [3.8, 4) is 6.07 Å². The van der Waals surface area contributed by atoms with E-state index in [9.17, 15) is 0 Å². The second-order valence-corrected chi connectivity index (χ2v) is 4.93. The van der Waals surface area contributed by atoms with Gasteiger partial charge in [-0.1, -0.05) is 33.8 Å². The summed E-state index contributed by atoms with van der Waals surface area (Å²) in [7, 11) is 0. The molecule has 0 aliphatic carbocycles. The maximum Gasteiger partial charge on any atom is 0.0627 e. The topological polar surface area (TPSA) is 23.8 Å². The Morgan fingerprint density at radius 2 is 1.77 bits per heavy atom. The zero-order valence-electron chi connectivity index (χ0n) is 9.35. The van der Waals surface area contributed by atoms with E-state index in [1.807, 2.05) is 6.08 Å². The normalized spacial score (nSPS) is 12.2. The lowest BCUT2D eigenvalue weighted by molar-refractivity contribution is 0.105. The minimum Gasteiger partial charge on any atom is -0.198 e. The van der Waals surface area contributed by atoms with Crippen molar-refractivity contribution >= 4 is 0 Å². The van der Waals surface area contributed by atoms with Gasteiger partial charge in [-0.2, -0.15) is 5.26 Å². The number of rotatable bonds is 5. The summed E-state index contributed by atoms with van der Waals surface area (Å²) >= 11 is 0. The smallest absolute Gasteiger partial charge is 0.0627 e. The Morgan fingerprint density at radius 3 is 2.15 bits per heavy atom. The summed E-state index contributed by atoms with van der Waals surface area (Å²) < 4.78 is 0. The molecule has 0 heterocycles. The van der Waals surface area contributed by atoms with Crippen LogP contribution >= 0.6 is 0 Å². The van der Waals surface area contributed by atoms with Crippen LogP contribution in [0.1, 0.15) is 47.0 Å². The van der Waals surface area contributed by atoms with Gasteiger partial charge in [-0.25, -0.2) is 0 Å². The Kier molecular flexibility index (Phi) is 4.20. The molecule has 0 N–H and O–H groups in total. The summed E-state index contributed by atoms with van der Waals surface area (Å²) in [6.45, 7) is 12.5. The minimum absolute atomic E-state index is 0.0881. The molecule has 13 heavy (non-hydrogen) atoms. The fourth-order valence-electron chi connectivity index (χ4n) is 1.24. The maximum absolute atomic E-state index is 8.72. The van der Waals surface area contributed by atoms with Crippen LogP contribution in [0.4, 0.5) is 0 Å². The zero-order valence-corrected chi connectivity index (χ0v) is 9.35. The SMILES string of the molecule is C=CCCC(C)(C)C(C)(C)CC#N. The highest BCUT2D eigenvalue weighted by atomic mass is 14.4. The first-order valence-corrected chi connectivity index (χ1v) is 4.85. The Labute approximate surface area is 82.5 Å². The number of hydrogen-bond donors (Lipinski definition) is 0. The van der Waals surface area contributed by atoms with Gasteiger partial charge in [-0.15, -0.1) is 6.58 Å². The molecule has 0 aliphatic heterocycles. The van der Waals surface area contributed by atoms with Crippen molar-refractivity contribution in [1.29, 1.82) is 5.26 Å². The van der Waals surface area contributed by atoms with Crippen LogP contribution in [0, 0.1) is 22.2 Å². The maximum atomic E-state index is 8.72. The number of allylic oxidation sites excluding steroid dienone is 1. The molecule has 74 valence electrons. The van der Waals surface area contributed by atoms with E-state index in [1.165, 1.54) is 0 Å². The van der Waals surface area contributed by atoms with Crippen molar-refractivity contribution in [1.82, 2.24) is 0 Å². The van der Waals surface area contributed by atoms with E-state index < -0.39 is 0 Å². The van der Waals surface area contributed by atoms with Gasteiger partial charge in [0.25, 0.3) is 0 Å². The molecule has 1 heteroatoms. The van der Waals surface area contributed by atoms with E-state index in [0.717, 1.165) is 12.8 Å². The second kappa shape index (κ2) is 4.46. The lowest BCUT2D eigenvalue weighted by Gasteiger charge is -2.40. The van der Waals surface area contributed by atoms with E-state index >= 15 is 0 Å². The van der Waals surface area contributed by atoms with Gasteiger partial charge in [0.1, 0.15) is 0 Å². The lowest BCUT2D eigenvalue weighted by atomic mass is 9.64. The van der Waals surface area contributed by atoms with Crippen molar-refractivity contribution < 1.29 is 0 Å². The summed E-state index contributed by atoms with van der Waals surface area (Å²) in [5, 5.41) is 8.72. The molecule has 0 amide bonds. The van der Waals surface area contributed by atoms with Crippen molar-refractivity contribution in [2.45, 2.75) is 47.0 Å². The van der Waals surface area contributed by atoms with Crippen LogP contribution < -0.4 is 0 Å². The van der Waals surface area contributed by atoms with Gasteiger partial charge in [0.05, 0.1) is 6.07 Å². The number of nitrogens with zero attached hydrogens (tertiary/aromatic N) is 1. The monoisotopic (exact) mass is 179 g/mol. The zero-order chi connectivity index (χ0) is 10.5. The summed E-state index contributed by atoms with van der Waals surface area (Å²) in [6.07, 6.45) is 4.70. The Hall–Kier alpha value is -0.770. The molecule has 0 bridgehead atoms. The predicted octanol–water partition coefficient (Wildman–Crippen LogP) is 3.92. The van der Waals surface area contributed by atoms with Gasteiger partial charge < -0.3 is 0 Å². The molecule has 0 atom stereocenters. The first kappa shape index (κ1) is 12.2. The molecule has 0 saturated heterocycles. The molecule has 0 aliphatic rings. The Morgan fingerprint density at radius 1 is 1.23 bits per heavy atom. The third kappa shape index (κ3) is 3.22.